The van der Waals surface area contributed by atoms with Crippen LogP contribution in [0.2, 0.25) is 10.0 Å². The van der Waals surface area contributed by atoms with Gasteiger partial charge < -0.3 is 0 Å². The molecule has 3 heterocycles. The molecule has 0 bridgehead atoms. The number of hydrogen-bond acceptors (Lipinski definition) is 5. The van der Waals surface area contributed by atoms with Crippen molar-refractivity contribution < 1.29 is 0 Å². The van der Waals surface area contributed by atoms with Crippen LogP contribution < -0.4 is 0 Å². The Balaban J connectivity index is 1.90. The summed E-state index contributed by atoms with van der Waals surface area (Å²) in [7, 11) is 0. The van der Waals surface area contributed by atoms with E-state index in [0.717, 1.165) is 28.5 Å². The second kappa shape index (κ2) is 6.09. The van der Waals surface area contributed by atoms with E-state index in [0.29, 0.717) is 26.4 Å². The van der Waals surface area contributed by atoms with Crippen molar-refractivity contribution in [2.75, 3.05) is 0 Å². The standard InChI is InChI=1S/C16H14Cl2N6S/c1-4-23-9(3)13(8(2)21-23)15-22-24-14(19-20-16(24)25-15)11-7-10(17)5-6-12(11)18/h5-7H,4H2,1-3H3. The number of nitrogens with zero attached hydrogens (tertiary/aromatic N) is 6. The fourth-order valence-corrected chi connectivity index (χ4v) is 4.23. The first-order chi connectivity index (χ1) is 12.0. The molecule has 0 N–H and O–H groups in total. The van der Waals surface area contributed by atoms with E-state index in [2.05, 4.69) is 29.1 Å². The third-order valence-corrected chi connectivity index (χ3v) is 5.54. The molecule has 0 saturated carbocycles. The van der Waals surface area contributed by atoms with Crippen LogP contribution in [-0.4, -0.2) is 29.6 Å². The molecule has 0 aliphatic carbocycles. The minimum atomic E-state index is 0.555. The molecule has 1 aromatic carbocycles. The molecule has 0 aliphatic heterocycles. The topological polar surface area (TPSA) is 60.9 Å². The fourth-order valence-electron chi connectivity index (χ4n) is 2.87. The molecule has 0 spiro atoms. The lowest BCUT2D eigenvalue weighted by Crippen LogP contribution is -1.98. The second-order valence-electron chi connectivity index (χ2n) is 5.61. The highest BCUT2D eigenvalue weighted by molar-refractivity contribution is 7.19. The van der Waals surface area contributed by atoms with Gasteiger partial charge in [-0.05, 0) is 39.0 Å². The Morgan fingerprint density at radius 1 is 1.12 bits per heavy atom. The van der Waals surface area contributed by atoms with Crippen LogP contribution in [0.4, 0.5) is 0 Å². The second-order valence-corrected chi connectivity index (χ2v) is 7.41. The molecule has 9 heteroatoms. The molecule has 0 atom stereocenters. The van der Waals surface area contributed by atoms with Crippen molar-refractivity contribution in [2.45, 2.75) is 27.3 Å². The van der Waals surface area contributed by atoms with Crippen LogP contribution in [0.1, 0.15) is 18.3 Å². The van der Waals surface area contributed by atoms with Crippen LogP contribution in [0.3, 0.4) is 0 Å². The maximum Gasteiger partial charge on any atom is 0.235 e. The average molecular weight is 393 g/mol. The Morgan fingerprint density at radius 2 is 1.92 bits per heavy atom. The van der Waals surface area contributed by atoms with E-state index in [9.17, 15) is 0 Å². The van der Waals surface area contributed by atoms with Gasteiger partial charge in [0.15, 0.2) is 10.8 Å². The zero-order valence-corrected chi connectivity index (χ0v) is 16.1. The average Bonchev–Trinajstić information content (AvgIpc) is 3.22. The zero-order valence-electron chi connectivity index (χ0n) is 13.8. The van der Waals surface area contributed by atoms with Crippen molar-refractivity contribution in [3.05, 3.63) is 39.6 Å². The molecule has 0 radical (unpaired) electrons. The molecule has 25 heavy (non-hydrogen) atoms. The molecular formula is C16H14Cl2N6S. The van der Waals surface area contributed by atoms with Gasteiger partial charge in [0.05, 0.1) is 16.3 Å². The highest BCUT2D eigenvalue weighted by atomic mass is 35.5. The lowest BCUT2D eigenvalue weighted by Gasteiger charge is -2.01. The lowest BCUT2D eigenvalue weighted by atomic mass is 10.2. The van der Waals surface area contributed by atoms with E-state index in [1.807, 2.05) is 11.6 Å². The molecule has 0 amide bonds. The van der Waals surface area contributed by atoms with E-state index >= 15 is 0 Å². The SMILES string of the molecule is CCn1nc(C)c(-c2nn3c(-c4cc(Cl)ccc4Cl)nnc3s2)c1C. The van der Waals surface area contributed by atoms with Crippen LogP contribution in [0.15, 0.2) is 18.2 Å². The van der Waals surface area contributed by atoms with Gasteiger partial charge in [0.2, 0.25) is 4.96 Å². The first-order valence-corrected chi connectivity index (χ1v) is 9.29. The number of aromatic nitrogens is 6. The maximum atomic E-state index is 6.31. The summed E-state index contributed by atoms with van der Waals surface area (Å²) in [5.74, 6) is 0.572. The summed E-state index contributed by atoms with van der Waals surface area (Å²) in [4.78, 5) is 0.698. The lowest BCUT2D eigenvalue weighted by molar-refractivity contribution is 0.634. The van der Waals surface area contributed by atoms with E-state index in [4.69, 9.17) is 28.3 Å². The largest absolute Gasteiger partial charge is 0.269 e. The number of fused-ring (bicyclic) bond motifs is 1. The molecule has 0 fully saturated rings. The van der Waals surface area contributed by atoms with E-state index in [-0.39, 0.29) is 0 Å². The smallest absolute Gasteiger partial charge is 0.235 e. The van der Waals surface area contributed by atoms with Crippen molar-refractivity contribution in [1.29, 1.82) is 0 Å². The predicted molar refractivity (Wildman–Crippen MR) is 100 cm³/mol. The third-order valence-electron chi connectivity index (χ3n) is 4.06. The summed E-state index contributed by atoms with van der Waals surface area (Å²) < 4.78 is 3.68. The van der Waals surface area contributed by atoms with E-state index < -0.39 is 0 Å². The summed E-state index contributed by atoms with van der Waals surface area (Å²) in [6.45, 7) is 6.93. The van der Waals surface area contributed by atoms with Gasteiger partial charge in [-0.15, -0.1) is 10.2 Å². The summed E-state index contributed by atoms with van der Waals surface area (Å²) in [6, 6.07) is 5.25. The van der Waals surface area contributed by atoms with Crippen molar-refractivity contribution in [3.63, 3.8) is 0 Å². The Morgan fingerprint density at radius 3 is 2.64 bits per heavy atom. The quantitative estimate of drug-likeness (QED) is 0.508. The molecule has 3 aromatic heterocycles. The summed E-state index contributed by atoms with van der Waals surface area (Å²) >= 11 is 13.9. The van der Waals surface area contributed by atoms with Crippen LogP contribution in [0, 0.1) is 13.8 Å². The Hall–Kier alpha value is -1.96. The summed E-state index contributed by atoms with van der Waals surface area (Å²) in [5.41, 5.74) is 3.79. The van der Waals surface area contributed by atoms with Crippen molar-refractivity contribution >= 4 is 39.5 Å². The Labute approximate surface area is 158 Å². The monoisotopic (exact) mass is 392 g/mol. The Bertz CT molecular complexity index is 1090. The molecular weight excluding hydrogens is 379 g/mol. The van der Waals surface area contributed by atoms with Gasteiger partial charge in [-0.3, -0.25) is 4.68 Å². The van der Waals surface area contributed by atoms with Gasteiger partial charge in [-0.2, -0.15) is 14.7 Å². The van der Waals surface area contributed by atoms with Gasteiger partial charge in [0.1, 0.15) is 0 Å². The summed E-state index contributed by atoms with van der Waals surface area (Å²) in [5, 5.41) is 19.7. The summed E-state index contributed by atoms with van der Waals surface area (Å²) in [6.07, 6.45) is 0. The first kappa shape index (κ1) is 16.5. The fraction of sp³-hybridized carbons (Fsp3) is 0.250. The maximum absolute atomic E-state index is 6.31. The van der Waals surface area contributed by atoms with Crippen LogP contribution in [-0.2, 0) is 6.54 Å². The molecule has 0 unspecified atom stereocenters. The third kappa shape index (κ3) is 2.63. The predicted octanol–water partition coefficient (Wildman–Crippen LogP) is 4.66. The number of rotatable bonds is 3. The van der Waals surface area contributed by atoms with Crippen molar-refractivity contribution in [3.8, 4) is 22.0 Å². The van der Waals surface area contributed by atoms with Gasteiger partial charge in [-0.1, -0.05) is 34.5 Å². The van der Waals surface area contributed by atoms with Crippen LogP contribution >= 0.6 is 34.5 Å². The number of halogens is 2. The molecule has 0 saturated heterocycles. The number of benzene rings is 1. The number of aryl methyl sites for hydroxylation is 2. The molecule has 4 aromatic rings. The van der Waals surface area contributed by atoms with Gasteiger partial charge in [0.25, 0.3) is 0 Å². The molecule has 6 nitrogen and oxygen atoms in total. The molecule has 0 aliphatic rings. The van der Waals surface area contributed by atoms with E-state index in [1.165, 1.54) is 11.3 Å². The number of hydrogen-bond donors (Lipinski definition) is 0. The van der Waals surface area contributed by atoms with Crippen LogP contribution in [0.25, 0.3) is 26.9 Å². The minimum absolute atomic E-state index is 0.555. The van der Waals surface area contributed by atoms with Gasteiger partial charge >= 0.3 is 0 Å². The Kier molecular flexibility index (Phi) is 4.02. The zero-order chi connectivity index (χ0) is 17.7. The normalized spacial score (nSPS) is 11.6. The minimum Gasteiger partial charge on any atom is -0.269 e. The highest BCUT2D eigenvalue weighted by Gasteiger charge is 2.21. The van der Waals surface area contributed by atoms with Crippen molar-refractivity contribution in [2.24, 2.45) is 0 Å². The highest BCUT2D eigenvalue weighted by Crippen LogP contribution is 2.34. The molecule has 4 rings (SSSR count). The van der Waals surface area contributed by atoms with Gasteiger partial charge in [-0.25, -0.2) is 0 Å². The van der Waals surface area contributed by atoms with Crippen LogP contribution in [0.5, 0.6) is 0 Å². The van der Waals surface area contributed by atoms with Gasteiger partial charge in [0, 0.05) is 22.8 Å². The van der Waals surface area contributed by atoms with E-state index in [1.54, 1.807) is 22.7 Å². The van der Waals surface area contributed by atoms with Crippen molar-refractivity contribution in [1.82, 2.24) is 29.6 Å². The molecule has 128 valence electrons. The first-order valence-electron chi connectivity index (χ1n) is 7.71.